The second kappa shape index (κ2) is 13.1. The Hall–Kier alpha value is -3.92. The number of guanidine groups is 1. The van der Waals surface area contributed by atoms with Gasteiger partial charge in [0.25, 0.3) is 5.56 Å². The first-order valence-corrected chi connectivity index (χ1v) is 11.5. The summed E-state index contributed by atoms with van der Waals surface area (Å²) in [6, 6.07) is 8.18. The van der Waals surface area contributed by atoms with Crippen LogP contribution in [0.25, 0.3) is 11.1 Å². The summed E-state index contributed by atoms with van der Waals surface area (Å²) in [5.74, 6) is 0.253. The molecule has 0 fully saturated rings. The molecule has 0 saturated carbocycles. The maximum atomic E-state index is 12.7. The zero-order chi connectivity index (χ0) is 26.0. The molecule has 35 heavy (non-hydrogen) atoms. The quantitative estimate of drug-likeness (QED) is 0.248. The summed E-state index contributed by atoms with van der Waals surface area (Å²) in [6.45, 7) is 11.4. The number of aromatic nitrogens is 1. The Labute approximate surface area is 206 Å². The monoisotopic (exact) mass is 481 g/mol. The van der Waals surface area contributed by atoms with E-state index in [1.807, 2.05) is 44.2 Å². The van der Waals surface area contributed by atoms with Gasteiger partial charge in [-0.05, 0) is 56.5 Å². The van der Waals surface area contributed by atoms with Gasteiger partial charge < -0.3 is 20.3 Å². The number of benzene rings is 1. The number of carbonyl (C=O) groups is 1. The second-order valence-corrected chi connectivity index (χ2v) is 7.83. The van der Waals surface area contributed by atoms with Gasteiger partial charge in [-0.3, -0.25) is 15.1 Å². The lowest BCUT2D eigenvalue weighted by atomic mass is 10.0. The number of rotatable bonds is 9. The SMILES string of the molecule is C=NN(/C=C\CC)c1cc(-c2ccn(C(C)[C@H](C)O)c(=O)c2)ccc1NC(=NC)NC(=O)NCC. The molecular formula is C25H35N7O3. The topological polar surface area (TPSA) is 123 Å². The van der Waals surface area contributed by atoms with Crippen molar-refractivity contribution in [3.05, 3.63) is 59.2 Å². The van der Waals surface area contributed by atoms with E-state index < -0.39 is 6.10 Å². The number of pyridine rings is 1. The second-order valence-electron chi connectivity index (χ2n) is 7.83. The van der Waals surface area contributed by atoms with Gasteiger partial charge in [0, 0.05) is 38.8 Å². The van der Waals surface area contributed by atoms with Crippen LogP contribution in [0.5, 0.6) is 0 Å². The molecule has 0 aliphatic heterocycles. The molecule has 2 amide bonds. The van der Waals surface area contributed by atoms with Crippen molar-refractivity contribution in [2.75, 3.05) is 23.9 Å². The highest BCUT2D eigenvalue weighted by Crippen LogP contribution is 2.32. The minimum absolute atomic E-state index is 0.212. The summed E-state index contributed by atoms with van der Waals surface area (Å²) in [5.41, 5.74) is 2.54. The Balaban J connectivity index is 2.52. The Morgan fingerprint density at radius 2 is 1.94 bits per heavy atom. The van der Waals surface area contributed by atoms with Gasteiger partial charge in [-0.25, -0.2) is 9.80 Å². The molecular weight excluding hydrogens is 446 g/mol. The lowest BCUT2D eigenvalue weighted by Crippen LogP contribution is -2.42. The van der Waals surface area contributed by atoms with Gasteiger partial charge in [-0.1, -0.05) is 19.1 Å². The molecule has 2 atom stereocenters. The summed E-state index contributed by atoms with van der Waals surface area (Å²) >= 11 is 0. The van der Waals surface area contributed by atoms with Gasteiger partial charge in [-0.15, -0.1) is 0 Å². The Bertz CT molecular complexity index is 1140. The number of nitrogens with one attached hydrogen (secondary N) is 3. The van der Waals surface area contributed by atoms with E-state index in [-0.39, 0.29) is 23.6 Å². The fraction of sp³-hybridized carbons (Fsp3) is 0.360. The van der Waals surface area contributed by atoms with Crippen molar-refractivity contribution in [3.63, 3.8) is 0 Å². The highest BCUT2D eigenvalue weighted by atomic mass is 16.3. The smallest absolute Gasteiger partial charge is 0.321 e. The molecule has 10 heteroatoms. The van der Waals surface area contributed by atoms with Gasteiger partial charge in [0.15, 0.2) is 0 Å². The molecule has 0 saturated heterocycles. The molecule has 1 unspecified atom stereocenters. The minimum Gasteiger partial charge on any atom is -0.391 e. The molecule has 2 rings (SSSR count). The highest BCUT2D eigenvalue weighted by Gasteiger charge is 2.16. The molecule has 4 N–H and O–H groups in total. The van der Waals surface area contributed by atoms with E-state index in [0.717, 1.165) is 12.0 Å². The first kappa shape index (κ1) is 27.3. The van der Waals surface area contributed by atoms with E-state index in [1.54, 1.807) is 38.3 Å². The molecule has 10 nitrogen and oxygen atoms in total. The molecule has 0 radical (unpaired) electrons. The Morgan fingerprint density at radius 3 is 2.51 bits per heavy atom. The number of hydrazone groups is 1. The first-order valence-electron chi connectivity index (χ1n) is 11.5. The molecule has 0 spiro atoms. The minimum atomic E-state index is -0.657. The molecule has 0 aliphatic carbocycles. The standard InChI is InChI=1S/C25H35N7O3/c1-7-9-13-32(27-6)22-15-19(20-12-14-31(23(34)16-20)17(3)18(4)33)10-11-21(22)29-24(26-5)30-25(35)28-8-2/h9-18,33H,6-8H2,1-5H3,(H3,26,28,29,30,35)/b13-9-/t17?,18-/m0/s1. The van der Waals surface area contributed by atoms with Crippen LogP contribution in [0, 0.1) is 0 Å². The zero-order valence-electron chi connectivity index (χ0n) is 20.9. The van der Waals surface area contributed by atoms with Crippen molar-refractivity contribution in [1.29, 1.82) is 0 Å². The third-order valence-electron chi connectivity index (χ3n) is 5.34. The van der Waals surface area contributed by atoms with Crippen LogP contribution in [0.15, 0.2) is 63.7 Å². The van der Waals surface area contributed by atoms with Crippen molar-refractivity contribution in [2.45, 2.75) is 46.3 Å². The number of hydrogen-bond donors (Lipinski definition) is 4. The molecule has 0 bridgehead atoms. The molecule has 1 aromatic carbocycles. The lowest BCUT2D eigenvalue weighted by Gasteiger charge is -2.21. The molecule has 0 aliphatic rings. The Morgan fingerprint density at radius 1 is 1.23 bits per heavy atom. The van der Waals surface area contributed by atoms with Gasteiger partial charge in [-0.2, -0.15) is 5.10 Å². The van der Waals surface area contributed by atoms with Crippen molar-refractivity contribution in [1.82, 2.24) is 15.2 Å². The molecule has 2 aromatic rings. The number of carbonyl (C=O) groups excluding carboxylic acids is 1. The summed E-state index contributed by atoms with van der Waals surface area (Å²) in [6.07, 6.45) is 5.55. The average Bonchev–Trinajstić information content (AvgIpc) is 2.84. The number of urea groups is 1. The van der Waals surface area contributed by atoms with Crippen LogP contribution in [-0.4, -0.2) is 48.1 Å². The summed E-state index contributed by atoms with van der Waals surface area (Å²) in [7, 11) is 1.56. The zero-order valence-corrected chi connectivity index (χ0v) is 20.9. The van der Waals surface area contributed by atoms with Crippen LogP contribution in [0.4, 0.5) is 16.2 Å². The van der Waals surface area contributed by atoms with E-state index in [9.17, 15) is 14.7 Å². The molecule has 1 heterocycles. The van der Waals surface area contributed by atoms with Crippen LogP contribution >= 0.6 is 0 Å². The van der Waals surface area contributed by atoms with E-state index in [0.29, 0.717) is 23.5 Å². The van der Waals surface area contributed by atoms with E-state index in [2.05, 4.69) is 32.8 Å². The number of aliphatic hydroxyl groups is 1. The van der Waals surface area contributed by atoms with Crippen LogP contribution < -0.4 is 26.5 Å². The maximum Gasteiger partial charge on any atom is 0.321 e. The van der Waals surface area contributed by atoms with Crippen molar-refractivity contribution < 1.29 is 9.90 Å². The summed E-state index contributed by atoms with van der Waals surface area (Å²) in [4.78, 5) is 28.8. The van der Waals surface area contributed by atoms with E-state index >= 15 is 0 Å². The lowest BCUT2D eigenvalue weighted by molar-refractivity contribution is 0.137. The molecule has 188 valence electrons. The normalized spacial score (nSPS) is 13.3. The summed E-state index contributed by atoms with van der Waals surface area (Å²) in [5, 5.41) is 24.0. The maximum absolute atomic E-state index is 12.7. The average molecular weight is 482 g/mol. The van der Waals surface area contributed by atoms with Crippen LogP contribution in [0.2, 0.25) is 0 Å². The van der Waals surface area contributed by atoms with Crippen LogP contribution in [0.1, 0.15) is 40.2 Å². The van der Waals surface area contributed by atoms with Crippen molar-refractivity contribution in [3.8, 4) is 11.1 Å². The van der Waals surface area contributed by atoms with Gasteiger partial charge in [0.1, 0.15) is 0 Å². The summed E-state index contributed by atoms with van der Waals surface area (Å²) < 4.78 is 1.50. The number of amides is 2. The number of allylic oxidation sites excluding steroid dienone is 1. The first-order chi connectivity index (χ1) is 16.7. The largest absolute Gasteiger partial charge is 0.391 e. The number of nitrogens with zero attached hydrogens (tertiary/aromatic N) is 4. The van der Waals surface area contributed by atoms with Gasteiger partial charge >= 0.3 is 6.03 Å². The van der Waals surface area contributed by atoms with Crippen molar-refractivity contribution in [2.24, 2.45) is 10.1 Å². The van der Waals surface area contributed by atoms with Gasteiger partial charge in [0.05, 0.1) is 23.5 Å². The fourth-order valence-electron chi connectivity index (χ4n) is 3.24. The predicted octanol–water partition coefficient (Wildman–Crippen LogP) is 3.52. The number of aliphatic hydroxyl groups excluding tert-OH is 1. The Kier molecular flexibility index (Phi) is 10.2. The third-order valence-corrected chi connectivity index (χ3v) is 5.34. The van der Waals surface area contributed by atoms with Crippen LogP contribution in [0.3, 0.4) is 0 Å². The fourth-order valence-corrected chi connectivity index (χ4v) is 3.24. The number of anilines is 2. The predicted molar refractivity (Wildman–Crippen MR) is 143 cm³/mol. The van der Waals surface area contributed by atoms with E-state index in [1.165, 1.54) is 10.6 Å². The number of aliphatic imine (C=N–C) groups is 1. The highest BCUT2D eigenvalue weighted by molar-refractivity contribution is 6.05. The third kappa shape index (κ3) is 7.28. The van der Waals surface area contributed by atoms with Crippen LogP contribution in [-0.2, 0) is 0 Å². The molecule has 1 aromatic heterocycles. The van der Waals surface area contributed by atoms with Gasteiger partial charge in [0.2, 0.25) is 5.96 Å². The van der Waals surface area contributed by atoms with Crippen molar-refractivity contribution >= 4 is 30.1 Å². The number of hydrogen-bond acceptors (Lipinski definition) is 6. The van der Waals surface area contributed by atoms with E-state index in [4.69, 9.17) is 0 Å².